The van der Waals surface area contributed by atoms with E-state index in [0.717, 1.165) is 41.1 Å². The number of amides is 2. The second-order valence-electron chi connectivity index (χ2n) is 7.10. The Morgan fingerprint density at radius 3 is 2.93 bits per heavy atom. The van der Waals surface area contributed by atoms with Crippen LogP contribution in [0.3, 0.4) is 0 Å². The fourth-order valence-corrected chi connectivity index (χ4v) is 4.75. The van der Waals surface area contributed by atoms with Gasteiger partial charge < -0.3 is 25.8 Å². The molecule has 2 aromatic rings. The van der Waals surface area contributed by atoms with Crippen molar-refractivity contribution < 1.29 is 19.1 Å². The Balaban J connectivity index is 1.56. The molecule has 1 atom stereocenters. The summed E-state index contributed by atoms with van der Waals surface area (Å²) in [4.78, 5) is 24.9. The number of benzene rings is 1. The molecule has 1 heterocycles. The summed E-state index contributed by atoms with van der Waals surface area (Å²) < 4.78 is 10.4. The topological polar surface area (TPSA) is 103 Å². The first kappa shape index (κ1) is 21.0. The van der Waals surface area contributed by atoms with Gasteiger partial charge in [-0.25, -0.2) is 4.79 Å². The van der Waals surface area contributed by atoms with E-state index in [4.69, 9.17) is 15.2 Å². The first-order chi connectivity index (χ1) is 14.0. The molecule has 0 saturated heterocycles. The zero-order valence-corrected chi connectivity index (χ0v) is 17.6. The van der Waals surface area contributed by atoms with Crippen LogP contribution in [0.1, 0.15) is 28.8 Å². The van der Waals surface area contributed by atoms with Gasteiger partial charge in [-0.3, -0.25) is 4.79 Å². The van der Waals surface area contributed by atoms with Crippen molar-refractivity contribution >= 4 is 34.0 Å². The highest BCUT2D eigenvalue weighted by atomic mass is 32.1. The molecule has 0 aliphatic heterocycles. The number of ether oxygens (including phenoxy) is 2. The number of alkyl carbamates (subject to hydrolysis) is 1. The van der Waals surface area contributed by atoms with E-state index < -0.39 is 6.09 Å². The Labute approximate surface area is 174 Å². The normalized spacial score (nSPS) is 15.3. The maximum Gasteiger partial charge on any atom is 0.406 e. The lowest BCUT2D eigenvalue weighted by atomic mass is 9.89. The first-order valence-electron chi connectivity index (χ1n) is 9.67. The van der Waals surface area contributed by atoms with E-state index in [1.54, 1.807) is 14.2 Å². The number of fused-ring (bicyclic) bond motifs is 1. The Morgan fingerprint density at radius 2 is 2.17 bits per heavy atom. The van der Waals surface area contributed by atoms with Crippen LogP contribution in [0.5, 0.6) is 5.75 Å². The Bertz CT molecular complexity index is 881. The van der Waals surface area contributed by atoms with Crippen LogP contribution in [-0.4, -0.2) is 32.8 Å². The van der Waals surface area contributed by atoms with Crippen molar-refractivity contribution in [2.75, 3.05) is 31.8 Å². The number of aryl methyl sites for hydroxylation is 1. The van der Waals surface area contributed by atoms with Crippen LogP contribution in [0.2, 0.25) is 0 Å². The minimum atomic E-state index is -0.412. The van der Waals surface area contributed by atoms with Crippen molar-refractivity contribution in [1.82, 2.24) is 5.32 Å². The van der Waals surface area contributed by atoms with Crippen LogP contribution in [0.15, 0.2) is 24.3 Å². The number of thiophene rings is 1. The summed E-state index contributed by atoms with van der Waals surface area (Å²) in [5, 5.41) is 6.14. The lowest BCUT2D eigenvalue weighted by Crippen LogP contribution is -2.25. The lowest BCUT2D eigenvalue weighted by Gasteiger charge is -2.21. The van der Waals surface area contributed by atoms with Crippen molar-refractivity contribution in [3.8, 4) is 5.75 Å². The highest BCUT2D eigenvalue weighted by Gasteiger charge is 2.26. The quantitative estimate of drug-likeness (QED) is 0.641. The summed E-state index contributed by atoms with van der Waals surface area (Å²) in [6.45, 7) is 0.388. The number of nitrogens with two attached hydrogens (primary N) is 1. The van der Waals surface area contributed by atoms with E-state index in [-0.39, 0.29) is 11.8 Å². The van der Waals surface area contributed by atoms with Crippen LogP contribution >= 0.6 is 11.3 Å². The molecule has 0 radical (unpaired) electrons. The number of hydrogen-bond donors (Lipinski definition) is 3. The average Bonchev–Trinajstić information content (AvgIpc) is 3.05. The van der Waals surface area contributed by atoms with Gasteiger partial charge in [0, 0.05) is 18.3 Å². The SMILES string of the molecule is CNC(=O)OCC1CCc2c(sc(NC(=O)CCc3cccc(OC)c3)c2N)C1. The largest absolute Gasteiger partial charge is 0.497 e. The molecule has 1 aliphatic rings. The summed E-state index contributed by atoms with van der Waals surface area (Å²) in [6, 6.07) is 7.72. The minimum Gasteiger partial charge on any atom is -0.497 e. The van der Waals surface area contributed by atoms with Gasteiger partial charge in [0.1, 0.15) is 10.8 Å². The highest BCUT2D eigenvalue weighted by Crippen LogP contribution is 2.41. The Morgan fingerprint density at radius 1 is 1.34 bits per heavy atom. The summed E-state index contributed by atoms with van der Waals surface area (Å²) in [7, 11) is 3.17. The first-order valence-corrected chi connectivity index (χ1v) is 10.5. The third-order valence-electron chi connectivity index (χ3n) is 5.09. The second-order valence-corrected chi connectivity index (χ2v) is 8.21. The Hall–Kier alpha value is -2.74. The van der Waals surface area contributed by atoms with Gasteiger partial charge in [0.15, 0.2) is 0 Å². The highest BCUT2D eigenvalue weighted by molar-refractivity contribution is 7.17. The molecule has 3 rings (SSSR count). The summed E-state index contributed by atoms with van der Waals surface area (Å²) in [5.74, 6) is 1.00. The zero-order valence-electron chi connectivity index (χ0n) is 16.7. The van der Waals surface area contributed by atoms with E-state index in [9.17, 15) is 9.59 Å². The molecule has 2 amide bonds. The van der Waals surface area contributed by atoms with Crippen LogP contribution in [-0.2, 0) is 28.8 Å². The number of rotatable bonds is 7. The predicted octanol–water partition coefficient (Wildman–Crippen LogP) is 3.37. The standard InChI is InChI=1S/C21H27N3O4S/c1-23-21(26)28-12-14-6-8-16-17(11-14)29-20(19(16)22)24-18(25)9-7-13-4-3-5-15(10-13)27-2/h3-5,10,14H,6-9,11-12,22H2,1-2H3,(H,23,26)(H,24,25). The smallest absolute Gasteiger partial charge is 0.406 e. The summed E-state index contributed by atoms with van der Waals surface area (Å²) >= 11 is 1.53. The second kappa shape index (κ2) is 9.65. The molecule has 7 nitrogen and oxygen atoms in total. The van der Waals surface area contributed by atoms with E-state index in [1.807, 2.05) is 24.3 Å². The molecule has 0 spiro atoms. The minimum absolute atomic E-state index is 0.0578. The van der Waals surface area contributed by atoms with Gasteiger partial charge in [-0.1, -0.05) is 12.1 Å². The fourth-order valence-electron chi connectivity index (χ4n) is 3.45. The van der Waals surface area contributed by atoms with E-state index in [0.29, 0.717) is 25.1 Å². The van der Waals surface area contributed by atoms with Gasteiger partial charge >= 0.3 is 6.09 Å². The van der Waals surface area contributed by atoms with Gasteiger partial charge in [0.05, 0.1) is 19.4 Å². The molecule has 156 valence electrons. The molecule has 0 bridgehead atoms. The number of nitrogens with one attached hydrogen (secondary N) is 2. The van der Waals surface area contributed by atoms with Crippen LogP contribution in [0.25, 0.3) is 0 Å². The lowest BCUT2D eigenvalue weighted by molar-refractivity contribution is -0.116. The van der Waals surface area contributed by atoms with Crippen molar-refractivity contribution in [3.05, 3.63) is 40.3 Å². The maximum absolute atomic E-state index is 12.4. The van der Waals surface area contributed by atoms with Crippen LogP contribution in [0, 0.1) is 5.92 Å². The third kappa shape index (κ3) is 5.41. The molecular weight excluding hydrogens is 390 g/mol. The van der Waals surface area contributed by atoms with Crippen molar-refractivity contribution in [3.63, 3.8) is 0 Å². The van der Waals surface area contributed by atoms with E-state index in [1.165, 1.54) is 16.2 Å². The monoisotopic (exact) mass is 417 g/mol. The molecule has 4 N–H and O–H groups in total. The van der Waals surface area contributed by atoms with Crippen molar-refractivity contribution in [2.24, 2.45) is 5.92 Å². The van der Waals surface area contributed by atoms with Crippen molar-refractivity contribution in [1.29, 1.82) is 0 Å². The van der Waals surface area contributed by atoms with Crippen molar-refractivity contribution in [2.45, 2.75) is 32.1 Å². The molecular formula is C21H27N3O4S. The van der Waals surface area contributed by atoms with E-state index >= 15 is 0 Å². The molecule has 29 heavy (non-hydrogen) atoms. The average molecular weight is 418 g/mol. The number of anilines is 2. The molecule has 0 fully saturated rings. The zero-order chi connectivity index (χ0) is 20.8. The molecule has 8 heteroatoms. The molecule has 0 saturated carbocycles. The number of carbonyl (C=O) groups is 2. The van der Waals surface area contributed by atoms with Gasteiger partial charge in [0.2, 0.25) is 5.91 Å². The number of methoxy groups -OCH3 is 1. The summed E-state index contributed by atoms with van der Waals surface area (Å²) in [6.07, 6.45) is 3.14. The third-order valence-corrected chi connectivity index (χ3v) is 6.28. The predicted molar refractivity (Wildman–Crippen MR) is 115 cm³/mol. The maximum atomic E-state index is 12.4. The van der Waals surface area contributed by atoms with Gasteiger partial charge in [-0.05, 0) is 54.9 Å². The summed E-state index contributed by atoms with van der Waals surface area (Å²) in [5.41, 5.74) is 9.13. The van der Waals surface area contributed by atoms with E-state index in [2.05, 4.69) is 10.6 Å². The number of carbonyl (C=O) groups excluding carboxylic acids is 2. The molecule has 1 aromatic carbocycles. The number of nitrogen functional groups attached to an aromatic ring is 1. The molecule has 1 aliphatic carbocycles. The number of hydrogen-bond acceptors (Lipinski definition) is 6. The van der Waals surface area contributed by atoms with Gasteiger partial charge in [-0.15, -0.1) is 11.3 Å². The molecule has 1 unspecified atom stereocenters. The van der Waals surface area contributed by atoms with Gasteiger partial charge in [0.25, 0.3) is 0 Å². The fraction of sp³-hybridized carbons (Fsp3) is 0.429. The Kier molecular flexibility index (Phi) is 6.98. The van der Waals surface area contributed by atoms with Crippen LogP contribution < -0.4 is 21.1 Å². The van der Waals surface area contributed by atoms with Crippen LogP contribution in [0.4, 0.5) is 15.5 Å². The molecule has 1 aromatic heterocycles. The van der Waals surface area contributed by atoms with Gasteiger partial charge in [-0.2, -0.15) is 0 Å².